The molecule has 1 rings (SSSR count). The number of aryl methyl sites for hydroxylation is 1. The summed E-state index contributed by atoms with van der Waals surface area (Å²) >= 11 is 5.97. The molecule has 0 radical (unpaired) electrons. The van der Waals surface area contributed by atoms with E-state index in [9.17, 15) is 4.39 Å². The van der Waals surface area contributed by atoms with E-state index in [-0.39, 0.29) is 5.82 Å². The third-order valence-corrected chi connectivity index (χ3v) is 3.11. The lowest BCUT2D eigenvalue weighted by Gasteiger charge is -2.15. The van der Waals surface area contributed by atoms with E-state index in [1.165, 1.54) is 12.1 Å². The van der Waals surface area contributed by atoms with Crippen LogP contribution in [-0.2, 0) is 6.42 Å². The molecule has 0 aliphatic rings. The first kappa shape index (κ1) is 13.5. The van der Waals surface area contributed by atoms with Crippen molar-refractivity contribution >= 4 is 11.6 Å². The predicted octanol–water partition coefficient (Wildman–Crippen LogP) is 3.80. The van der Waals surface area contributed by atoms with Crippen LogP contribution < -0.4 is 5.32 Å². The fourth-order valence-corrected chi connectivity index (χ4v) is 2.06. The Bertz CT molecular complexity index is 328. The number of halogens is 2. The van der Waals surface area contributed by atoms with Gasteiger partial charge in [0.2, 0.25) is 0 Å². The Balaban J connectivity index is 2.53. The van der Waals surface area contributed by atoms with Gasteiger partial charge >= 0.3 is 0 Å². The summed E-state index contributed by atoms with van der Waals surface area (Å²) < 4.78 is 12.8. The second-order valence-corrected chi connectivity index (χ2v) is 4.34. The summed E-state index contributed by atoms with van der Waals surface area (Å²) in [5.41, 5.74) is 1.03. The zero-order chi connectivity index (χ0) is 12.0. The van der Waals surface area contributed by atoms with Crippen molar-refractivity contribution in [3.05, 3.63) is 34.6 Å². The van der Waals surface area contributed by atoms with Crippen molar-refractivity contribution in [2.24, 2.45) is 0 Å². The molecule has 0 fully saturated rings. The Morgan fingerprint density at radius 1 is 1.38 bits per heavy atom. The standard InChI is InChI=1S/C13H19ClFN/c1-3-12(16-4-2)8-6-10-5-7-11(15)9-13(10)14/h5,7,9,12,16H,3-4,6,8H2,1-2H3. The van der Waals surface area contributed by atoms with Gasteiger partial charge in [-0.25, -0.2) is 4.39 Å². The highest BCUT2D eigenvalue weighted by atomic mass is 35.5. The molecule has 1 aromatic rings. The van der Waals surface area contributed by atoms with Crippen LogP contribution in [0.5, 0.6) is 0 Å². The van der Waals surface area contributed by atoms with Gasteiger partial charge in [-0.05, 0) is 43.5 Å². The number of hydrogen-bond acceptors (Lipinski definition) is 1. The second-order valence-electron chi connectivity index (χ2n) is 3.94. The van der Waals surface area contributed by atoms with E-state index in [0.717, 1.165) is 31.4 Å². The summed E-state index contributed by atoms with van der Waals surface area (Å²) in [6, 6.07) is 5.14. The van der Waals surface area contributed by atoms with Gasteiger partial charge in [0.25, 0.3) is 0 Å². The molecule has 0 heterocycles. The Morgan fingerprint density at radius 3 is 2.69 bits per heavy atom. The molecule has 0 spiro atoms. The average molecular weight is 244 g/mol. The largest absolute Gasteiger partial charge is 0.314 e. The highest BCUT2D eigenvalue weighted by Crippen LogP contribution is 2.19. The second kappa shape index (κ2) is 6.87. The molecular weight excluding hydrogens is 225 g/mol. The monoisotopic (exact) mass is 243 g/mol. The molecule has 1 unspecified atom stereocenters. The topological polar surface area (TPSA) is 12.0 Å². The molecule has 0 aromatic heterocycles. The van der Waals surface area contributed by atoms with Crippen molar-refractivity contribution in [3.63, 3.8) is 0 Å². The van der Waals surface area contributed by atoms with Gasteiger partial charge in [0, 0.05) is 11.1 Å². The van der Waals surface area contributed by atoms with E-state index in [1.54, 1.807) is 6.07 Å². The van der Waals surface area contributed by atoms with Crippen molar-refractivity contribution in [2.75, 3.05) is 6.54 Å². The van der Waals surface area contributed by atoms with Crippen LogP contribution in [0.1, 0.15) is 32.3 Å². The van der Waals surface area contributed by atoms with Crippen LogP contribution in [0.3, 0.4) is 0 Å². The van der Waals surface area contributed by atoms with Crippen LogP contribution in [0, 0.1) is 5.82 Å². The average Bonchev–Trinajstić information content (AvgIpc) is 2.26. The van der Waals surface area contributed by atoms with Crippen LogP contribution in [0.15, 0.2) is 18.2 Å². The highest BCUT2D eigenvalue weighted by molar-refractivity contribution is 6.31. The molecular formula is C13H19ClFN. The molecule has 0 bridgehead atoms. The molecule has 0 saturated heterocycles. The zero-order valence-corrected chi connectivity index (χ0v) is 10.6. The zero-order valence-electron chi connectivity index (χ0n) is 9.89. The lowest BCUT2D eigenvalue weighted by atomic mass is 10.0. The van der Waals surface area contributed by atoms with Gasteiger partial charge in [0.05, 0.1) is 0 Å². The van der Waals surface area contributed by atoms with Crippen molar-refractivity contribution in [1.29, 1.82) is 0 Å². The van der Waals surface area contributed by atoms with Gasteiger partial charge < -0.3 is 5.32 Å². The SMILES string of the molecule is CCNC(CC)CCc1ccc(F)cc1Cl. The van der Waals surface area contributed by atoms with E-state index in [2.05, 4.69) is 19.2 Å². The molecule has 0 aliphatic heterocycles. The van der Waals surface area contributed by atoms with E-state index < -0.39 is 0 Å². The molecule has 16 heavy (non-hydrogen) atoms. The summed E-state index contributed by atoms with van der Waals surface area (Å²) in [6.45, 7) is 5.25. The first-order valence-corrected chi connectivity index (χ1v) is 6.22. The first-order chi connectivity index (χ1) is 7.67. The van der Waals surface area contributed by atoms with Crippen LogP contribution in [0.2, 0.25) is 5.02 Å². The third kappa shape index (κ3) is 4.11. The number of nitrogens with one attached hydrogen (secondary N) is 1. The molecule has 0 saturated carbocycles. The summed E-state index contributed by atoms with van der Waals surface area (Å²) in [5.74, 6) is -0.271. The molecule has 3 heteroatoms. The van der Waals surface area contributed by atoms with Crippen molar-refractivity contribution in [3.8, 4) is 0 Å². The molecule has 90 valence electrons. The van der Waals surface area contributed by atoms with Crippen molar-refractivity contribution in [2.45, 2.75) is 39.2 Å². The quantitative estimate of drug-likeness (QED) is 0.802. The van der Waals surface area contributed by atoms with Gasteiger partial charge in [0.15, 0.2) is 0 Å². The normalized spacial score (nSPS) is 12.8. The van der Waals surface area contributed by atoms with E-state index >= 15 is 0 Å². The Morgan fingerprint density at radius 2 is 2.12 bits per heavy atom. The van der Waals surface area contributed by atoms with Crippen LogP contribution >= 0.6 is 11.6 Å². The lowest BCUT2D eigenvalue weighted by molar-refractivity contribution is 0.481. The van der Waals surface area contributed by atoms with Gasteiger partial charge in [-0.3, -0.25) is 0 Å². The maximum atomic E-state index is 12.8. The van der Waals surface area contributed by atoms with Gasteiger partial charge in [-0.15, -0.1) is 0 Å². The van der Waals surface area contributed by atoms with Gasteiger partial charge in [0.1, 0.15) is 5.82 Å². The lowest BCUT2D eigenvalue weighted by Crippen LogP contribution is -2.28. The fraction of sp³-hybridized carbons (Fsp3) is 0.538. The van der Waals surface area contributed by atoms with Crippen LogP contribution in [0.25, 0.3) is 0 Å². The third-order valence-electron chi connectivity index (χ3n) is 2.76. The number of hydrogen-bond donors (Lipinski definition) is 1. The first-order valence-electron chi connectivity index (χ1n) is 5.84. The summed E-state index contributed by atoms with van der Waals surface area (Å²) in [7, 11) is 0. The molecule has 1 atom stereocenters. The number of rotatable bonds is 6. The van der Waals surface area contributed by atoms with Gasteiger partial charge in [-0.2, -0.15) is 0 Å². The van der Waals surface area contributed by atoms with E-state index in [1.807, 2.05) is 0 Å². The highest BCUT2D eigenvalue weighted by Gasteiger charge is 2.07. The maximum absolute atomic E-state index is 12.8. The van der Waals surface area contributed by atoms with E-state index in [0.29, 0.717) is 11.1 Å². The fourth-order valence-electron chi connectivity index (χ4n) is 1.79. The Hall–Kier alpha value is -0.600. The van der Waals surface area contributed by atoms with Gasteiger partial charge in [-0.1, -0.05) is 31.5 Å². The minimum atomic E-state index is -0.271. The number of benzene rings is 1. The predicted molar refractivity (Wildman–Crippen MR) is 67.5 cm³/mol. The minimum absolute atomic E-state index is 0.271. The molecule has 1 nitrogen and oxygen atoms in total. The maximum Gasteiger partial charge on any atom is 0.124 e. The van der Waals surface area contributed by atoms with Crippen molar-refractivity contribution in [1.82, 2.24) is 5.32 Å². The van der Waals surface area contributed by atoms with Crippen LogP contribution in [0.4, 0.5) is 4.39 Å². The molecule has 1 aromatic carbocycles. The van der Waals surface area contributed by atoms with Crippen LogP contribution in [-0.4, -0.2) is 12.6 Å². The van der Waals surface area contributed by atoms with E-state index in [4.69, 9.17) is 11.6 Å². The summed E-state index contributed by atoms with van der Waals surface area (Å²) in [4.78, 5) is 0. The summed E-state index contributed by atoms with van der Waals surface area (Å²) in [6.07, 6.45) is 3.03. The molecule has 1 N–H and O–H groups in total. The molecule has 0 aliphatic carbocycles. The molecule has 0 amide bonds. The smallest absolute Gasteiger partial charge is 0.124 e. The summed E-state index contributed by atoms with van der Waals surface area (Å²) in [5, 5.41) is 3.95. The Labute approximate surface area is 102 Å². The van der Waals surface area contributed by atoms with Crippen molar-refractivity contribution < 1.29 is 4.39 Å². The minimum Gasteiger partial charge on any atom is -0.314 e. The Kier molecular flexibility index (Phi) is 5.78.